The monoisotopic (exact) mass is 591 g/mol. The van der Waals surface area contributed by atoms with Gasteiger partial charge in [-0.3, -0.25) is 13.8 Å². The van der Waals surface area contributed by atoms with E-state index in [4.69, 9.17) is 0 Å². The number of nitrogens with one attached hydrogen (secondary N) is 1. The number of anilines is 1. The molecule has 0 saturated carbocycles. The zero-order chi connectivity index (χ0) is 28.8. The number of nitrogens with zero attached hydrogens (tertiary/aromatic N) is 2. The first kappa shape index (κ1) is 28.1. The second kappa shape index (κ2) is 10.0. The van der Waals surface area contributed by atoms with Gasteiger partial charge in [0, 0.05) is 0 Å². The Morgan fingerprint density at radius 3 is 1.97 bits per heavy atom. The zero-order valence-corrected chi connectivity index (χ0v) is 22.7. The molecule has 0 aromatic heterocycles. The average Bonchev–Trinajstić information content (AvgIpc) is 2.82. The zero-order valence-electron chi connectivity index (χ0n) is 20.3. The molecule has 39 heavy (non-hydrogen) atoms. The number of aromatic hydroxyl groups is 1. The lowest BCUT2D eigenvalue weighted by Gasteiger charge is -2.16. The lowest BCUT2D eigenvalue weighted by atomic mass is 10.1. The Kier molecular flexibility index (Phi) is 7.22. The summed E-state index contributed by atoms with van der Waals surface area (Å²) in [6.07, 6.45) is 0. The fourth-order valence-electron chi connectivity index (χ4n) is 3.68. The van der Waals surface area contributed by atoms with Gasteiger partial charge >= 0.3 is 0 Å². The fourth-order valence-corrected chi connectivity index (χ4v) is 5.95. The first-order valence-corrected chi connectivity index (χ1v) is 15.3. The number of hydrogen-bond donors (Lipinski definition) is 4. The molecule has 0 aliphatic carbocycles. The molecule has 4 aromatic rings. The lowest BCUT2D eigenvalue weighted by Crippen LogP contribution is -2.14. The minimum absolute atomic E-state index is 0.202. The molecule has 0 radical (unpaired) electrons. The van der Waals surface area contributed by atoms with Gasteiger partial charge in [0.2, 0.25) is 0 Å². The van der Waals surface area contributed by atoms with Crippen LogP contribution in [0.15, 0.2) is 91.6 Å². The number of fused-ring (bicyclic) bond motifs is 1. The van der Waals surface area contributed by atoms with E-state index in [1.807, 2.05) is 0 Å². The summed E-state index contributed by atoms with van der Waals surface area (Å²) in [4.78, 5) is -1.96. The summed E-state index contributed by atoms with van der Waals surface area (Å²) in [6, 6.07) is 14.6. The van der Waals surface area contributed by atoms with Crippen molar-refractivity contribution in [1.82, 2.24) is 0 Å². The number of benzene rings is 4. The largest absolute Gasteiger partial charge is 0.505 e. The number of azo groups is 1. The molecule has 0 spiro atoms. The second-order valence-electron chi connectivity index (χ2n) is 8.50. The summed E-state index contributed by atoms with van der Waals surface area (Å²) in [5.41, 5.74) is 0.475. The maximum absolute atomic E-state index is 13.1. The summed E-state index contributed by atoms with van der Waals surface area (Å²) in [6.45, 7) is 3.44. The van der Waals surface area contributed by atoms with E-state index in [2.05, 4.69) is 15.0 Å². The predicted octanol–water partition coefficient (Wildman–Crippen LogP) is 4.87. The molecule has 0 aliphatic rings. The van der Waals surface area contributed by atoms with Crippen LogP contribution in [0, 0.1) is 13.8 Å². The molecule has 0 saturated heterocycles. The van der Waals surface area contributed by atoms with Crippen LogP contribution in [-0.2, 0) is 30.3 Å². The van der Waals surface area contributed by atoms with Crippen LogP contribution in [0.25, 0.3) is 10.8 Å². The van der Waals surface area contributed by atoms with Crippen molar-refractivity contribution in [2.24, 2.45) is 10.2 Å². The molecule has 15 heteroatoms. The van der Waals surface area contributed by atoms with Crippen LogP contribution in [0.5, 0.6) is 5.75 Å². The molecule has 4 rings (SSSR count). The fraction of sp³-hybridized carbons (Fsp3) is 0.0833. The third-order valence-corrected chi connectivity index (χ3v) is 8.73. The molecular weight excluding hydrogens is 570 g/mol. The first-order chi connectivity index (χ1) is 18.1. The van der Waals surface area contributed by atoms with Crippen LogP contribution in [0.4, 0.5) is 17.1 Å². The molecule has 0 amide bonds. The maximum Gasteiger partial charge on any atom is 0.296 e. The molecule has 0 heterocycles. The van der Waals surface area contributed by atoms with E-state index in [1.54, 1.807) is 38.1 Å². The minimum Gasteiger partial charge on any atom is -0.505 e. The molecule has 0 aliphatic heterocycles. The van der Waals surface area contributed by atoms with Crippen molar-refractivity contribution in [2.75, 3.05) is 4.72 Å². The van der Waals surface area contributed by atoms with Crippen molar-refractivity contribution < 1.29 is 39.5 Å². The van der Waals surface area contributed by atoms with Crippen molar-refractivity contribution in [3.8, 4) is 5.75 Å². The van der Waals surface area contributed by atoms with Gasteiger partial charge in [-0.25, -0.2) is 8.42 Å². The van der Waals surface area contributed by atoms with Gasteiger partial charge in [0.05, 0.1) is 26.6 Å². The predicted molar refractivity (Wildman–Crippen MR) is 143 cm³/mol. The van der Waals surface area contributed by atoms with Crippen molar-refractivity contribution in [3.05, 3.63) is 77.9 Å². The van der Waals surface area contributed by atoms with Gasteiger partial charge in [0.15, 0.2) is 5.75 Å². The van der Waals surface area contributed by atoms with E-state index in [1.165, 1.54) is 24.3 Å². The van der Waals surface area contributed by atoms with E-state index < -0.39 is 57.2 Å². The first-order valence-electron chi connectivity index (χ1n) is 10.9. The Bertz CT molecular complexity index is 1970. The third-order valence-electron chi connectivity index (χ3n) is 5.65. The van der Waals surface area contributed by atoms with Crippen LogP contribution in [0.1, 0.15) is 11.1 Å². The minimum atomic E-state index is -5.07. The van der Waals surface area contributed by atoms with E-state index in [9.17, 15) is 39.5 Å². The van der Waals surface area contributed by atoms with Gasteiger partial charge in [-0.15, -0.1) is 5.11 Å². The highest BCUT2D eigenvalue weighted by Crippen LogP contribution is 2.45. The van der Waals surface area contributed by atoms with E-state index in [-0.39, 0.29) is 15.7 Å². The summed E-state index contributed by atoms with van der Waals surface area (Å²) in [7, 11) is -14.4. The van der Waals surface area contributed by atoms with Gasteiger partial charge in [0.25, 0.3) is 30.3 Å². The second-order valence-corrected chi connectivity index (χ2v) is 13.0. The summed E-state index contributed by atoms with van der Waals surface area (Å²) >= 11 is 0. The standard InChI is InChI=1S/C24H21N3O9S3/c1-14-7-9-17(10-8-14)37(29,30)27-20-13-18(38(31,32)33)11-16-12-21(39(34,35)36)23(24(28)22(16)20)26-25-19-6-4-3-5-15(19)2/h3-13,27-28H,1-2H3,(H,31,32,33)(H,34,35,36). The molecule has 0 atom stereocenters. The highest BCUT2D eigenvalue weighted by molar-refractivity contribution is 7.92. The van der Waals surface area contributed by atoms with E-state index in [0.29, 0.717) is 11.3 Å². The van der Waals surface area contributed by atoms with Crippen molar-refractivity contribution in [3.63, 3.8) is 0 Å². The number of rotatable bonds is 7. The summed E-state index contributed by atoms with van der Waals surface area (Å²) in [5.74, 6) is -0.930. The van der Waals surface area contributed by atoms with Crippen molar-refractivity contribution in [1.29, 1.82) is 0 Å². The van der Waals surface area contributed by atoms with Crippen molar-refractivity contribution in [2.45, 2.75) is 28.5 Å². The molecule has 0 bridgehead atoms. The molecule has 12 nitrogen and oxygen atoms in total. The van der Waals surface area contributed by atoms with Crippen LogP contribution >= 0.6 is 0 Å². The average molecular weight is 592 g/mol. The normalized spacial score (nSPS) is 12.7. The van der Waals surface area contributed by atoms with Crippen LogP contribution < -0.4 is 4.72 Å². The highest BCUT2D eigenvalue weighted by atomic mass is 32.2. The van der Waals surface area contributed by atoms with Gasteiger partial charge in [-0.2, -0.15) is 21.9 Å². The number of phenols is 1. The van der Waals surface area contributed by atoms with E-state index in [0.717, 1.165) is 23.8 Å². The molecule has 4 N–H and O–H groups in total. The highest BCUT2D eigenvalue weighted by Gasteiger charge is 2.27. The molecule has 204 valence electrons. The summed E-state index contributed by atoms with van der Waals surface area (Å²) in [5, 5.41) is 18.2. The van der Waals surface area contributed by atoms with Gasteiger partial charge in [-0.1, -0.05) is 35.9 Å². The number of phenolic OH excluding ortho intramolecular Hbond substituents is 1. The van der Waals surface area contributed by atoms with Gasteiger partial charge < -0.3 is 5.11 Å². The number of hydrogen-bond acceptors (Lipinski definition) is 9. The van der Waals surface area contributed by atoms with Gasteiger partial charge in [-0.05, 0) is 61.2 Å². The molecule has 0 unspecified atom stereocenters. The SMILES string of the molecule is Cc1ccc(S(=O)(=O)Nc2cc(S(=O)(=O)O)cc3cc(S(=O)(=O)O)c(N=Nc4ccccc4C)c(O)c23)cc1. The Morgan fingerprint density at radius 2 is 1.38 bits per heavy atom. The topological polar surface area (TPSA) is 200 Å². The van der Waals surface area contributed by atoms with Crippen LogP contribution in [-0.4, -0.2) is 39.5 Å². The van der Waals surface area contributed by atoms with Crippen LogP contribution in [0.3, 0.4) is 0 Å². The van der Waals surface area contributed by atoms with Gasteiger partial charge in [0.1, 0.15) is 10.6 Å². The Labute approximate surface area is 224 Å². The molecule has 0 fully saturated rings. The number of aryl methyl sites for hydroxylation is 2. The number of sulfonamides is 1. The van der Waals surface area contributed by atoms with E-state index >= 15 is 0 Å². The Balaban J connectivity index is 2.04. The maximum atomic E-state index is 13.1. The van der Waals surface area contributed by atoms with Crippen molar-refractivity contribution >= 4 is 58.1 Å². The Morgan fingerprint density at radius 1 is 0.744 bits per heavy atom. The Hall–Kier alpha value is -3.89. The third kappa shape index (κ3) is 5.91. The lowest BCUT2D eigenvalue weighted by molar-refractivity contribution is 0.472. The quantitative estimate of drug-likeness (QED) is 0.171. The van der Waals surface area contributed by atoms with Crippen LogP contribution in [0.2, 0.25) is 0 Å². The smallest absolute Gasteiger partial charge is 0.296 e. The summed E-state index contributed by atoms with van der Waals surface area (Å²) < 4.78 is 96.1. The molecule has 4 aromatic carbocycles. The molecular formula is C24H21N3O9S3.